The van der Waals surface area contributed by atoms with Gasteiger partial charge in [-0.15, -0.1) is 0 Å². The number of azide groups is 1. The van der Waals surface area contributed by atoms with E-state index >= 15 is 0 Å². The third-order valence-electron chi connectivity index (χ3n) is 10.6. The van der Waals surface area contributed by atoms with Crippen LogP contribution in [-0.4, -0.2) is 57.0 Å². The summed E-state index contributed by atoms with van der Waals surface area (Å²) in [5, 5.41) is 9.84. The largest absolute Gasteiger partial charge is 0.453 e. The first-order chi connectivity index (χ1) is 23.8. The molecule has 0 aliphatic carbocycles. The fraction of sp³-hybridized carbons (Fsp3) is 0.429. The van der Waals surface area contributed by atoms with E-state index in [0.717, 1.165) is 6.42 Å². The van der Waals surface area contributed by atoms with Gasteiger partial charge < -0.3 is 15.4 Å². The fourth-order valence-corrected chi connectivity index (χ4v) is 8.60. The van der Waals surface area contributed by atoms with Gasteiger partial charge in [0, 0.05) is 56.8 Å². The number of benzene rings is 3. The molecule has 0 spiro atoms. The molecule has 2 unspecified atom stereocenters. The number of hydrogen-bond donors (Lipinski definition) is 4. The zero-order chi connectivity index (χ0) is 37.3. The minimum Gasteiger partial charge on any atom is -0.453 e. The van der Waals surface area contributed by atoms with Crippen LogP contribution in [0.4, 0.5) is 5.69 Å². The molecule has 270 valence electrons. The van der Waals surface area contributed by atoms with Crippen LogP contribution < -0.4 is 25.9 Å². The summed E-state index contributed by atoms with van der Waals surface area (Å²) in [5.41, 5.74) is 9.94. The summed E-state index contributed by atoms with van der Waals surface area (Å²) in [6, 6.07) is 9.48. The van der Waals surface area contributed by atoms with Crippen molar-refractivity contribution in [3.63, 3.8) is 0 Å². The molecule has 51 heavy (non-hydrogen) atoms. The lowest BCUT2D eigenvalue weighted by atomic mass is 9.78. The SMILES string of the molecule is CC1N=c2c(cc3c(c2S(=O)(=O)O)Oc2c(cc4c(c2S(=O)(=O)O)NC(C)C4(C)C)C=3c2ccc(C(=O)NCCCCCN=[N+]=[N-])cc2)C1(C)C. The highest BCUT2D eigenvalue weighted by Crippen LogP contribution is 2.52. The quantitative estimate of drug-likeness (QED) is 0.0556. The van der Waals surface area contributed by atoms with Crippen LogP contribution in [0.2, 0.25) is 0 Å². The Bertz CT molecular complexity index is 2380. The lowest BCUT2D eigenvalue weighted by Gasteiger charge is -2.29. The van der Waals surface area contributed by atoms with E-state index in [0.29, 0.717) is 53.8 Å². The first kappa shape index (κ1) is 36.3. The third kappa shape index (κ3) is 6.14. The molecule has 14 nitrogen and oxygen atoms in total. The van der Waals surface area contributed by atoms with Crippen molar-refractivity contribution in [3.05, 3.63) is 85.2 Å². The Morgan fingerprint density at radius 2 is 1.63 bits per heavy atom. The van der Waals surface area contributed by atoms with Crippen LogP contribution >= 0.6 is 0 Å². The van der Waals surface area contributed by atoms with Gasteiger partial charge in [0.2, 0.25) is 0 Å². The number of fused-ring (bicyclic) bond motifs is 4. The Morgan fingerprint density at radius 1 is 0.961 bits per heavy atom. The van der Waals surface area contributed by atoms with E-state index in [9.17, 15) is 30.7 Å². The number of rotatable bonds is 10. The van der Waals surface area contributed by atoms with Gasteiger partial charge in [-0.1, -0.05) is 51.4 Å². The molecule has 1 amide bonds. The number of carbonyl (C=O) groups excluding carboxylic acids is 1. The van der Waals surface area contributed by atoms with Crippen LogP contribution in [-0.2, 0) is 31.1 Å². The predicted molar refractivity (Wildman–Crippen MR) is 190 cm³/mol. The summed E-state index contributed by atoms with van der Waals surface area (Å²) in [4.78, 5) is 19.2. The molecule has 6 rings (SSSR count). The molecule has 16 heteroatoms. The number of ether oxygens (including phenoxy) is 1. The van der Waals surface area contributed by atoms with Gasteiger partial charge in [-0.05, 0) is 73.2 Å². The summed E-state index contributed by atoms with van der Waals surface area (Å²) in [6.07, 6.45) is 2.18. The summed E-state index contributed by atoms with van der Waals surface area (Å²) in [7, 11) is -9.99. The number of carbonyl (C=O) groups is 1. The molecule has 0 radical (unpaired) electrons. The second kappa shape index (κ2) is 12.6. The molecule has 4 N–H and O–H groups in total. The van der Waals surface area contributed by atoms with Crippen LogP contribution in [0.15, 0.2) is 56.3 Å². The molecule has 0 saturated heterocycles. The molecular formula is C35H40N6O8S2. The van der Waals surface area contributed by atoms with Gasteiger partial charge in [-0.25, -0.2) is 0 Å². The number of hydrogen-bond acceptors (Lipinski definition) is 9. The molecule has 3 aromatic rings. The maximum atomic E-state index is 13.2. The highest BCUT2D eigenvalue weighted by molar-refractivity contribution is 7.86. The van der Waals surface area contributed by atoms with Crippen molar-refractivity contribution in [3.8, 4) is 11.5 Å². The lowest BCUT2D eigenvalue weighted by Crippen LogP contribution is -2.33. The predicted octanol–water partition coefficient (Wildman–Crippen LogP) is 5.13. The van der Waals surface area contributed by atoms with Gasteiger partial charge in [0.15, 0.2) is 21.3 Å². The number of nitrogens with zero attached hydrogens (tertiary/aromatic N) is 4. The smallest absolute Gasteiger partial charge is 0.300 e. The van der Waals surface area contributed by atoms with Gasteiger partial charge in [0.1, 0.15) is 0 Å². The normalized spacial score (nSPS) is 19.3. The molecule has 0 saturated carbocycles. The average molecular weight is 737 g/mol. The molecule has 2 atom stereocenters. The van der Waals surface area contributed by atoms with Crippen molar-refractivity contribution < 1.29 is 35.5 Å². The van der Waals surface area contributed by atoms with Crippen LogP contribution in [0.3, 0.4) is 0 Å². The number of unbranched alkanes of at least 4 members (excludes halogenated alkanes) is 2. The van der Waals surface area contributed by atoms with E-state index in [1.807, 2.05) is 41.5 Å². The lowest BCUT2D eigenvalue weighted by molar-refractivity contribution is 0.0953. The van der Waals surface area contributed by atoms with Crippen LogP contribution in [0.25, 0.3) is 16.0 Å². The Morgan fingerprint density at radius 3 is 2.25 bits per heavy atom. The summed E-state index contributed by atoms with van der Waals surface area (Å²) in [6.45, 7) is 12.2. The zero-order valence-electron chi connectivity index (χ0n) is 29.1. The average Bonchev–Trinajstić information content (AvgIpc) is 3.40. The van der Waals surface area contributed by atoms with Crippen molar-refractivity contribution in [2.75, 3.05) is 18.4 Å². The van der Waals surface area contributed by atoms with E-state index in [2.05, 4.69) is 25.7 Å². The Kier molecular flexibility index (Phi) is 9.00. The first-order valence-electron chi connectivity index (χ1n) is 16.6. The summed E-state index contributed by atoms with van der Waals surface area (Å²) in [5.74, 6) is -0.954. The molecule has 3 aliphatic rings. The van der Waals surface area contributed by atoms with Crippen LogP contribution in [0, 0.1) is 0 Å². The van der Waals surface area contributed by atoms with Crippen molar-refractivity contribution in [2.24, 2.45) is 10.1 Å². The van der Waals surface area contributed by atoms with Crippen molar-refractivity contribution in [1.29, 1.82) is 0 Å². The highest BCUT2D eigenvalue weighted by atomic mass is 32.2. The van der Waals surface area contributed by atoms with E-state index in [4.69, 9.17) is 10.3 Å². The van der Waals surface area contributed by atoms with Gasteiger partial charge in [-0.3, -0.25) is 18.9 Å². The number of amides is 1. The zero-order valence-corrected chi connectivity index (χ0v) is 30.7. The van der Waals surface area contributed by atoms with E-state index in [1.165, 1.54) is 0 Å². The maximum absolute atomic E-state index is 13.2. The van der Waals surface area contributed by atoms with Gasteiger partial charge in [-0.2, -0.15) is 16.8 Å². The summed E-state index contributed by atoms with van der Waals surface area (Å²) >= 11 is 0. The first-order valence-corrected chi connectivity index (χ1v) is 19.5. The van der Waals surface area contributed by atoms with Crippen molar-refractivity contribution in [1.82, 2.24) is 5.32 Å². The number of nitrogens with one attached hydrogen (secondary N) is 2. The molecule has 0 bridgehead atoms. The molecule has 3 aliphatic heterocycles. The van der Waals surface area contributed by atoms with E-state index in [1.54, 1.807) is 36.4 Å². The second-order valence-corrected chi connectivity index (χ2v) is 17.1. The molecule has 3 heterocycles. The molecule has 0 aromatic heterocycles. The van der Waals surface area contributed by atoms with E-state index < -0.39 is 40.9 Å². The standard InChI is InChI=1S/C35H40N6O8S2/c1-18-34(3,4)24-16-22-26(20-10-12-21(13-11-20)33(42)37-14-8-7-9-15-38-41-36)23-17-25-28(40-19(2)35(25,5)6)32(51(46,47)48)30(23)49-29(22)31(27(24)39-18)50(43,44)45/h10-13,16-19,39H,7-9,14-15H2,1-6H3,(H,37,42)(H,43,44,45)(H,46,47,48). The minimum atomic E-state index is -5.01. The van der Waals surface area contributed by atoms with Gasteiger partial charge >= 0.3 is 0 Å². The Balaban J connectivity index is 1.60. The molecule has 3 aromatic carbocycles. The van der Waals surface area contributed by atoms with Crippen LogP contribution in [0.1, 0.15) is 93.4 Å². The van der Waals surface area contributed by atoms with Crippen LogP contribution in [0.5, 0.6) is 11.5 Å². The van der Waals surface area contributed by atoms with Crippen molar-refractivity contribution >= 4 is 37.4 Å². The second-order valence-electron chi connectivity index (χ2n) is 14.4. The van der Waals surface area contributed by atoms with Gasteiger partial charge in [0.25, 0.3) is 26.1 Å². The monoisotopic (exact) mass is 736 g/mol. The third-order valence-corrected chi connectivity index (χ3v) is 12.4. The Hall–Kier alpha value is -4.47. The maximum Gasteiger partial charge on any atom is 0.300 e. The highest BCUT2D eigenvalue weighted by Gasteiger charge is 2.45. The summed E-state index contributed by atoms with van der Waals surface area (Å²) < 4.78 is 80.4. The van der Waals surface area contributed by atoms with E-state index in [-0.39, 0.29) is 51.3 Å². The Labute approximate surface area is 296 Å². The molecular weight excluding hydrogens is 697 g/mol. The molecule has 0 fully saturated rings. The topological polar surface area (TPSA) is 220 Å². The fourth-order valence-electron chi connectivity index (χ4n) is 6.99. The van der Waals surface area contributed by atoms with Crippen molar-refractivity contribution in [2.45, 2.75) is 93.5 Å². The number of anilines is 1. The van der Waals surface area contributed by atoms with Gasteiger partial charge in [0.05, 0.1) is 17.1 Å². The minimum absolute atomic E-state index is 0.0174.